The van der Waals surface area contributed by atoms with Crippen LogP contribution in [-0.2, 0) is 6.54 Å². The molecule has 0 aliphatic rings. The molecule has 3 rings (SSSR count). The summed E-state index contributed by atoms with van der Waals surface area (Å²) in [7, 11) is 0. The smallest absolute Gasteiger partial charge is 0.294 e. The highest BCUT2D eigenvalue weighted by molar-refractivity contribution is 7.13. The molecule has 3 aromatic rings. The van der Waals surface area contributed by atoms with E-state index in [2.05, 4.69) is 21.9 Å². The van der Waals surface area contributed by atoms with Gasteiger partial charge in [0.25, 0.3) is 5.56 Å². The van der Waals surface area contributed by atoms with E-state index in [0.29, 0.717) is 18.1 Å². The molecule has 2 heterocycles. The quantitative estimate of drug-likeness (QED) is 0.674. The molecule has 0 bridgehead atoms. The van der Waals surface area contributed by atoms with E-state index in [4.69, 9.17) is 0 Å². The molecule has 116 valence electrons. The zero-order valence-corrected chi connectivity index (χ0v) is 13.1. The minimum atomic E-state index is -0.582. The number of aromatic hydroxyl groups is 1. The summed E-state index contributed by atoms with van der Waals surface area (Å²) in [5.74, 6) is -0.0173. The molecule has 2 aromatic heterocycles. The average molecular weight is 325 g/mol. The lowest BCUT2D eigenvalue weighted by atomic mass is 10.2. The molecule has 0 fully saturated rings. The Morgan fingerprint density at radius 3 is 2.74 bits per heavy atom. The minimum Gasteiger partial charge on any atom is -0.501 e. The number of nitrogens with zero attached hydrogens (tertiary/aromatic N) is 1. The summed E-state index contributed by atoms with van der Waals surface area (Å²) >= 11 is 1.46. The molecule has 0 atom stereocenters. The molecule has 0 aliphatic carbocycles. The van der Waals surface area contributed by atoms with Gasteiger partial charge in [0, 0.05) is 6.54 Å². The zero-order valence-electron chi connectivity index (χ0n) is 12.2. The summed E-state index contributed by atoms with van der Waals surface area (Å²) in [6.07, 6.45) is 0. The first-order valence-corrected chi connectivity index (χ1v) is 7.87. The molecule has 3 N–H and O–H groups in total. The highest BCUT2D eigenvalue weighted by atomic mass is 32.1. The summed E-state index contributed by atoms with van der Waals surface area (Å²) in [5.41, 5.74) is 1.04. The lowest BCUT2D eigenvalue weighted by Gasteiger charge is -2.11. The van der Waals surface area contributed by atoms with Crippen LogP contribution in [0.25, 0.3) is 16.4 Å². The van der Waals surface area contributed by atoms with Crippen LogP contribution >= 0.6 is 11.3 Å². The molecule has 0 saturated heterocycles. The SMILES string of the molecule is C=C(NCc1ccccc1)c1nc(-c2cccs2)[nH]c(=O)c1O. The van der Waals surface area contributed by atoms with Gasteiger partial charge in [-0.2, -0.15) is 0 Å². The van der Waals surface area contributed by atoms with Crippen LogP contribution in [0.15, 0.2) is 59.2 Å². The summed E-state index contributed by atoms with van der Waals surface area (Å²) in [4.78, 5) is 19.6. The van der Waals surface area contributed by atoms with Crippen molar-refractivity contribution in [1.29, 1.82) is 0 Å². The van der Waals surface area contributed by atoms with Gasteiger partial charge < -0.3 is 15.4 Å². The van der Waals surface area contributed by atoms with Gasteiger partial charge in [0.1, 0.15) is 5.69 Å². The van der Waals surface area contributed by atoms with Crippen molar-refractivity contribution in [2.45, 2.75) is 6.54 Å². The van der Waals surface area contributed by atoms with E-state index in [9.17, 15) is 9.90 Å². The van der Waals surface area contributed by atoms with Crippen LogP contribution < -0.4 is 10.9 Å². The van der Waals surface area contributed by atoms with Crippen LogP contribution in [0.3, 0.4) is 0 Å². The molecule has 5 nitrogen and oxygen atoms in total. The third kappa shape index (κ3) is 3.32. The van der Waals surface area contributed by atoms with E-state index in [0.717, 1.165) is 10.4 Å². The van der Waals surface area contributed by atoms with E-state index in [-0.39, 0.29) is 5.69 Å². The van der Waals surface area contributed by atoms with Crippen LogP contribution in [0.5, 0.6) is 5.75 Å². The fourth-order valence-electron chi connectivity index (χ4n) is 2.10. The van der Waals surface area contributed by atoms with E-state index in [1.165, 1.54) is 11.3 Å². The van der Waals surface area contributed by atoms with Gasteiger partial charge in [-0.15, -0.1) is 11.3 Å². The zero-order chi connectivity index (χ0) is 16.2. The number of rotatable bonds is 5. The second-order valence-corrected chi connectivity index (χ2v) is 5.85. The fourth-order valence-corrected chi connectivity index (χ4v) is 2.76. The van der Waals surface area contributed by atoms with Gasteiger partial charge in [-0.25, -0.2) is 4.98 Å². The van der Waals surface area contributed by atoms with E-state index >= 15 is 0 Å². The first-order valence-electron chi connectivity index (χ1n) is 6.99. The molecule has 0 spiro atoms. The van der Waals surface area contributed by atoms with E-state index in [1.807, 2.05) is 47.8 Å². The van der Waals surface area contributed by atoms with Crippen molar-refractivity contribution < 1.29 is 5.11 Å². The van der Waals surface area contributed by atoms with Crippen LogP contribution in [0, 0.1) is 0 Å². The van der Waals surface area contributed by atoms with E-state index in [1.54, 1.807) is 0 Å². The van der Waals surface area contributed by atoms with Crippen molar-refractivity contribution in [2.24, 2.45) is 0 Å². The Balaban J connectivity index is 1.86. The Morgan fingerprint density at radius 1 is 1.26 bits per heavy atom. The van der Waals surface area contributed by atoms with Crippen LogP contribution in [0.4, 0.5) is 0 Å². The second kappa shape index (κ2) is 6.50. The standard InChI is InChI=1S/C17H15N3O2S/c1-11(18-10-12-6-3-2-4-7-12)14-15(21)17(22)20-16(19-14)13-8-5-9-23-13/h2-9,18,21H,1,10H2,(H,19,20,22). The topological polar surface area (TPSA) is 78.0 Å². The summed E-state index contributed by atoms with van der Waals surface area (Å²) < 4.78 is 0. The molecule has 1 aromatic carbocycles. The number of nitrogens with one attached hydrogen (secondary N) is 2. The van der Waals surface area contributed by atoms with Crippen molar-refractivity contribution in [1.82, 2.24) is 15.3 Å². The Kier molecular flexibility index (Phi) is 4.25. The minimum absolute atomic E-state index is 0.160. The Bertz CT molecular complexity index is 871. The van der Waals surface area contributed by atoms with Gasteiger partial charge >= 0.3 is 0 Å². The maximum atomic E-state index is 11.9. The van der Waals surface area contributed by atoms with Crippen molar-refractivity contribution in [3.63, 3.8) is 0 Å². The maximum absolute atomic E-state index is 11.9. The predicted octanol–water partition coefficient (Wildman–Crippen LogP) is 2.96. The number of thiophene rings is 1. The van der Waals surface area contributed by atoms with Crippen LogP contribution in [0.1, 0.15) is 11.3 Å². The molecule has 0 amide bonds. The van der Waals surface area contributed by atoms with Gasteiger partial charge in [-0.05, 0) is 17.0 Å². The number of H-pyrrole nitrogens is 1. The van der Waals surface area contributed by atoms with Gasteiger partial charge in [0.15, 0.2) is 5.82 Å². The molecule has 0 radical (unpaired) electrons. The molecular formula is C17H15N3O2S. The Labute approximate surface area is 137 Å². The number of hydrogen-bond donors (Lipinski definition) is 3. The number of aromatic amines is 1. The first-order chi connectivity index (χ1) is 11.1. The van der Waals surface area contributed by atoms with E-state index < -0.39 is 11.3 Å². The fraction of sp³-hybridized carbons (Fsp3) is 0.0588. The molecule has 0 unspecified atom stereocenters. The molecule has 23 heavy (non-hydrogen) atoms. The highest BCUT2D eigenvalue weighted by Crippen LogP contribution is 2.23. The lowest BCUT2D eigenvalue weighted by Crippen LogP contribution is -2.17. The molecule has 0 aliphatic heterocycles. The molecule has 6 heteroatoms. The number of benzene rings is 1. The Morgan fingerprint density at radius 2 is 2.04 bits per heavy atom. The first kappa shape index (κ1) is 15.1. The van der Waals surface area contributed by atoms with Crippen LogP contribution in [-0.4, -0.2) is 15.1 Å². The van der Waals surface area contributed by atoms with Gasteiger partial charge in [-0.1, -0.05) is 43.0 Å². The highest BCUT2D eigenvalue weighted by Gasteiger charge is 2.14. The van der Waals surface area contributed by atoms with Crippen molar-refractivity contribution >= 4 is 17.0 Å². The number of aromatic nitrogens is 2. The third-order valence-corrected chi connectivity index (χ3v) is 4.16. The van der Waals surface area contributed by atoms with Crippen molar-refractivity contribution in [3.05, 3.63) is 76.0 Å². The largest absolute Gasteiger partial charge is 0.501 e. The van der Waals surface area contributed by atoms with Crippen molar-refractivity contribution in [2.75, 3.05) is 0 Å². The molecular weight excluding hydrogens is 310 g/mol. The summed E-state index contributed by atoms with van der Waals surface area (Å²) in [6, 6.07) is 13.5. The normalized spacial score (nSPS) is 10.4. The summed E-state index contributed by atoms with van der Waals surface area (Å²) in [5, 5.41) is 15.0. The predicted molar refractivity (Wildman–Crippen MR) is 92.2 cm³/mol. The Hall–Kier alpha value is -2.86. The summed E-state index contributed by atoms with van der Waals surface area (Å²) in [6.45, 7) is 4.41. The van der Waals surface area contributed by atoms with Crippen LogP contribution in [0.2, 0.25) is 0 Å². The second-order valence-electron chi connectivity index (χ2n) is 4.91. The average Bonchev–Trinajstić information content (AvgIpc) is 3.10. The maximum Gasteiger partial charge on any atom is 0.294 e. The van der Waals surface area contributed by atoms with Crippen molar-refractivity contribution in [3.8, 4) is 16.5 Å². The lowest BCUT2D eigenvalue weighted by molar-refractivity contribution is 0.461. The van der Waals surface area contributed by atoms with Gasteiger partial charge in [0.05, 0.1) is 10.6 Å². The number of hydrogen-bond acceptors (Lipinski definition) is 5. The van der Waals surface area contributed by atoms with Gasteiger partial charge in [-0.3, -0.25) is 4.79 Å². The third-order valence-electron chi connectivity index (χ3n) is 3.28. The molecule has 0 saturated carbocycles. The monoisotopic (exact) mass is 325 g/mol. The van der Waals surface area contributed by atoms with Gasteiger partial charge in [0.2, 0.25) is 5.75 Å².